The number of likely N-dealkylation sites (N-methyl/N-ethyl adjacent to an activating group) is 1. The molecule has 0 bridgehead atoms. The van der Waals surface area contributed by atoms with Crippen LogP contribution in [0.3, 0.4) is 0 Å². The van der Waals surface area contributed by atoms with Gasteiger partial charge in [0.25, 0.3) is 5.91 Å². The summed E-state index contributed by atoms with van der Waals surface area (Å²) in [5, 5.41) is 16.9. The number of amides is 5. The zero-order chi connectivity index (χ0) is 32.4. The maximum absolute atomic E-state index is 13.6. The first-order valence-corrected chi connectivity index (χ1v) is 14.6. The lowest BCUT2D eigenvalue weighted by Gasteiger charge is -2.33. The Bertz CT molecular complexity index is 1300. The van der Waals surface area contributed by atoms with Gasteiger partial charge in [-0.2, -0.15) is 0 Å². The number of hydrogen-bond acceptors (Lipinski definition) is 7. The first-order chi connectivity index (χ1) is 20.8. The molecule has 1 saturated heterocycles. The molecule has 1 fully saturated rings. The van der Waals surface area contributed by atoms with Crippen molar-refractivity contribution in [3.05, 3.63) is 71.8 Å². The lowest BCUT2D eigenvalue weighted by Crippen LogP contribution is -2.59. The Morgan fingerprint density at radius 1 is 1.02 bits per heavy atom. The van der Waals surface area contributed by atoms with Crippen molar-refractivity contribution in [2.45, 2.75) is 82.8 Å². The molecule has 2 unspecified atom stereocenters. The van der Waals surface area contributed by atoms with E-state index in [2.05, 4.69) is 10.6 Å². The predicted molar refractivity (Wildman–Crippen MR) is 163 cm³/mol. The number of hydrogen-bond donors (Lipinski definition) is 4. The maximum atomic E-state index is 13.6. The Morgan fingerprint density at radius 2 is 1.61 bits per heavy atom. The van der Waals surface area contributed by atoms with Gasteiger partial charge in [0.2, 0.25) is 17.7 Å². The van der Waals surface area contributed by atoms with Gasteiger partial charge in [0.15, 0.2) is 6.10 Å². The maximum Gasteiger partial charge on any atom is 0.410 e. The van der Waals surface area contributed by atoms with E-state index < -0.39 is 60.0 Å². The highest BCUT2D eigenvalue weighted by atomic mass is 16.6. The van der Waals surface area contributed by atoms with E-state index in [-0.39, 0.29) is 25.5 Å². The Morgan fingerprint density at radius 3 is 2.18 bits per heavy atom. The van der Waals surface area contributed by atoms with Crippen molar-refractivity contribution in [1.29, 1.82) is 0 Å². The SMILES string of the molecule is CN(C(=O)OCc1ccccc1)[C@@H](CC(N)=O)C(=O)NC(Cc1ccccc1)C(O)C(=O)N1CCC[C@H]1C(=O)NC(C)(C)C. The number of benzene rings is 2. The molecule has 12 nitrogen and oxygen atoms in total. The summed E-state index contributed by atoms with van der Waals surface area (Å²) in [7, 11) is 1.30. The molecule has 12 heteroatoms. The predicted octanol–water partition coefficient (Wildman–Crippen LogP) is 1.49. The third-order valence-corrected chi connectivity index (χ3v) is 7.25. The first-order valence-electron chi connectivity index (χ1n) is 14.6. The molecule has 0 saturated carbocycles. The van der Waals surface area contributed by atoms with Crippen LogP contribution in [0.25, 0.3) is 0 Å². The molecule has 1 aliphatic rings. The number of primary amides is 1. The zero-order valence-corrected chi connectivity index (χ0v) is 25.7. The molecule has 44 heavy (non-hydrogen) atoms. The Kier molecular flexibility index (Phi) is 11.9. The molecular weight excluding hydrogens is 566 g/mol. The highest BCUT2D eigenvalue weighted by Gasteiger charge is 2.41. The average Bonchev–Trinajstić information content (AvgIpc) is 3.48. The Labute approximate surface area is 257 Å². The number of aliphatic hydroxyl groups excluding tert-OH is 1. The van der Waals surface area contributed by atoms with Crippen molar-refractivity contribution in [1.82, 2.24) is 20.4 Å². The molecule has 5 amide bonds. The van der Waals surface area contributed by atoms with Crippen molar-refractivity contribution < 1.29 is 33.8 Å². The molecule has 0 aromatic heterocycles. The van der Waals surface area contributed by atoms with Gasteiger partial charge in [-0.25, -0.2) is 4.79 Å². The van der Waals surface area contributed by atoms with Crippen LogP contribution < -0.4 is 16.4 Å². The highest BCUT2D eigenvalue weighted by Crippen LogP contribution is 2.21. The Balaban J connectivity index is 1.80. The summed E-state index contributed by atoms with van der Waals surface area (Å²) >= 11 is 0. The van der Waals surface area contributed by atoms with Crippen LogP contribution in [0.15, 0.2) is 60.7 Å². The molecule has 2 aromatic rings. The number of rotatable bonds is 12. The van der Waals surface area contributed by atoms with Crippen LogP contribution in [0.5, 0.6) is 0 Å². The number of carbonyl (C=O) groups is 5. The van der Waals surface area contributed by atoms with Crippen molar-refractivity contribution >= 4 is 29.7 Å². The van der Waals surface area contributed by atoms with Gasteiger partial charge < -0.3 is 31.1 Å². The topological polar surface area (TPSA) is 171 Å². The molecule has 5 N–H and O–H groups in total. The normalized spacial score (nSPS) is 16.8. The van der Waals surface area contributed by atoms with Crippen LogP contribution in [0.4, 0.5) is 4.79 Å². The fourth-order valence-corrected chi connectivity index (χ4v) is 5.03. The fourth-order valence-electron chi connectivity index (χ4n) is 5.03. The molecule has 2 aromatic carbocycles. The lowest BCUT2D eigenvalue weighted by molar-refractivity contribution is -0.147. The van der Waals surface area contributed by atoms with Gasteiger partial charge in [0, 0.05) is 19.1 Å². The smallest absolute Gasteiger partial charge is 0.410 e. The molecular formula is C32H43N5O7. The summed E-state index contributed by atoms with van der Waals surface area (Å²) in [6.45, 7) is 5.72. The van der Waals surface area contributed by atoms with E-state index >= 15 is 0 Å². The van der Waals surface area contributed by atoms with Crippen molar-refractivity contribution in [3.8, 4) is 0 Å². The van der Waals surface area contributed by atoms with E-state index in [1.165, 1.54) is 11.9 Å². The Hall–Kier alpha value is -4.45. The second-order valence-electron chi connectivity index (χ2n) is 12.0. The van der Waals surface area contributed by atoms with Gasteiger partial charge in [0.1, 0.15) is 18.7 Å². The van der Waals surface area contributed by atoms with Crippen LogP contribution in [-0.2, 0) is 36.9 Å². The van der Waals surface area contributed by atoms with Gasteiger partial charge in [0.05, 0.1) is 12.5 Å². The molecule has 238 valence electrons. The minimum atomic E-state index is -1.73. The number of carbonyl (C=O) groups excluding carboxylic acids is 5. The number of nitrogens with zero attached hydrogens (tertiary/aromatic N) is 2. The van der Waals surface area contributed by atoms with E-state index in [4.69, 9.17) is 10.5 Å². The minimum Gasteiger partial charge on any atom is -0.445 e. The number of likely N-dealkylation sites (tertiary alicyclic amines) is 1. The third kappa shape index (κ3) is 9.80. The molecule has 1 aliphatic heterocycles. The molecule has 0 aliphatic carbocycles. The van der Waals surface area contributed by atoms with Crippen molar-refractivity contribution in [2.24, 2.45) is 5.73 Å². The van der Waals surface area contributed by atoms with E-state index in [0.717, 1.165) is 16.0 Å². The van der Waals surface area contributed by atoms with E-state index in [1.54, 1.807) is 54.6 Å². The average molecular weight is 610 g/mol. The second kappa shape index (κ2) is 15.3. The fraction of sp³-hybridized carbons (Fsp3) is 0.469. The largest absolute Gasteiger partial charge is 0.445 e. The zero-order valence-electron chi connectivity index (χ0n) is 25.7. The summed E-state index contributed by atoms with van der Waals surface area (Å²) < 4.78 is 5.33. The van der Waals surface area contributed by atoms with Crippen molar-refractivity contribution in [3.63, 3.8) is 0 Å². The quantitative estimate of drug-likeness (QED) is 0.282. The highest BCUT2D eigenvalue weighted by molar-refractivity contribution is 5.93. The van der Waals surface area contributed by atoms with E-state index in [0.29, 0.717) is 12.8 Å². The van der Waals surface area contributed by atoms with Crippen LogP contribution >= 0.6 is 0 Å². The standard InChI is InChI=1S/C32H43N5O7/c1-32(2,3)35-29(41)24-16-11-17-37(24)30(42)27(39)23(18-21-12-7-5-8-13-21)34-28(40)25(19-26(33)38)36(4)31(43)44-20-22-14-9-6-10-15-22/h5-10,12-15,23-25,27,39H,11,16-20H2,1-4H3,(H2,33,38)(H,34,40)(H,35,41)/t23?,24-,25-,27?/m0/s1. The molecule has 0 radical (unpaired) electrons. The molecule has 0 spiro atoms. The number of aliphatic hydroxyl groups is 1. The van der Waals surface area contributed by atoms with Crippen LogP contribution in [0.1, 0.15) is 51.2 Å². The number of ether oxygens (including phenoxy) is 1. The summed E-state index contributed by atoms with van der Waals surface area (Å²) in [4.78, 5) is 67.3. The lowest BCUT2D eigenvalue weighted by atomic mass is 9.99. The minimum absolute atomic E-state index is 0.0532. The van der Waals surface area contributed by atoms with Crippen molar-refractivity contribution in [2.75, 3.05) is 13.6 Å². The van der Waals surface area contributed by atoms with Gasteiger partial charge >= 0.3 is 6.09 Å². The number of nitrogens with two attached hydrogens (primary N) is 1. The molecule has 1 heterocycles. The van der Waals surface area contributed by atoms with Gasteiger partial charge in [-0.05, 0) is 51.2 Å². The molecule has 3 rings (SSSR count). The van der Waals surface area contributed by atoms with Crippen LogP contribution in [0, 0.1) is 0 Å². The van der Waals surface area contributed by atoms with Gasteiger partial charge in [-0.1, -0.05) is 60.7 Å². The summed E-state index contributed by atoms with van der Waals surface area (Å²) in [6.07, 6.45) is -2.05. The number of nitrogens with one attached hydrogen (secondary N) is 2. The van der Waals surface area contributed by atoms with Crippen LogP contribution in [-0.4, -0.2) is 88.0 Å². The first kappa shape index (κ1) is 34.0. The third-order valence-electron chi connectivity index (χ3n) is 7.25. The summed E-state index contributed by atoms with van der Waals surface area (Å²) in [5.74, 6) is -2.68. The summed E-state index contributed by atoms with van der Waals surface area (Å²) in [5.41, 5.74) is 6.35. The van der Waals surface area contributed by atoms with Gasteiger partial charge in [-0.3, -0.25) is 24.1 Å². The summed E-state index contributed by atoms with van der Waals surface area (Å²) in [6, 6.07) is 14.5. The van der Waals surface area contributed by atoms with E-state index in [1.807, 2.05) is 26.8 Å². The molecule has 4 atom stereocenters. The van der Waals surface area contributed by atoms with Crippen LogP contribution in [0.2, 0.25) is 0 Å². The van der Waals surface area contributed by atoms with Gasteiger partial charge in [-0.15, -0.1) is 0 Å². The monoisotopic (exact) mass is 609 g/mol. The second-order valence-corrected chi connectivity index (χ2v) is 12.0. The van der Waals surface area contributed by atoms with E-state index in [9.17, 15) is 29.1 Å².